The number of carbonyl (C=O) groups excluding carboxylic acids is 2. The van der Waals surface area contributed by atoms with E-state index in [1.807, 2.05) is 0 Å². The number of rotatable bonds is 3. The molecule has 1 aromatic carbocycles. The second-order valence-corrected chi connectivity index (χ2v) is 6.71. The number of benzene rings is 1. The van der Waals surface area contributed by atoms with Crippen LogP contribution in [0.25, 0.3) is 0 Å². The molecule has 1 aromatic rings. The highest BCUT2D eigenvalue weighted by Gasteiger charge is 2.41. The molecule has 0 saturated carbocycles. The molecule has 112 valence electrons. The lowest BCUT2D eigenvalue weighted by Crippen LogP contribution is -2.63. The molecule has 0 bridgehead atoms. The van der Waals surface area contributed by atoms with Crippen molar-refractivity contribution in [2.45, 2.75) is 16.0 Å². The maximum atomic E-state index is 12.2. The van der Waals surface area contributed by atoms with Gasteiger partial charge in [0.1, 0.15) is 12.2 Å². The lowest BCUT2D eigenvalue weighted by atomic mass is 10.1. The van der Waals surface area contributed by atoms with Gasteiger partial charge in [-0.05, 0) is 12.1 Å². The summed E-state index contributed by atoms with van der Waals surface area (Å²) in [7, 11) is 0. The summed E-state index contributed by atoms with van der Waals surface area (Å²) in [4.78, 5) is 23.6. The molecule has 2 unspecified atom stereocenters. The minimum atomic E-state index is -1.80. The van der Waals surface area contributed by atoms with Crippen LogP contribution in [0.4, 0.5) is 0 Å². The van der Waals surface area contributed by atoms with Gasteiger partial charge in [-0.15, -0.1) is 0 Å². The van der Waals surface area contributed by atoms with Crippen molar-refractivity contribution in [3.8, 4) is 0 Å². The molecular weight excluding hydrogens is 337 g/mol. The van der Waals surface area contributed by atoms with Gasteiger partial charge in [0.25, 0.3) is 5.91 Å². The van der Waals surface area contributed by atoms with Crippen LogP contribution in [0.3, 0.4) is 0 Å². The largest absolute Gasteiger partial charge is 0.369 e. The van der Waals surface area contributed by atoms with Crippen LogP contribution in [0.2, 0.25) is 0 Å². The summed E-state index contributed by atoms with van der Waals surface area (Å²) in [6, 6.07) is 7.56. The molecule has 2 rings (SSSR count). The van der Waals surface area contributed by atoms with E-state index >= 15 is 0 Å². The van der Waals surface area contributed by atoms with E-state index in [0.29, 0.717) is 5.56 Å². The SMILES string of the molecule is O=C1C=CNC(C(NC(=O)c2ccccc2)C(Cl)(Cl)Cl)N1. The van der Waals surface area contributed by atoms with Gasteiger partial charge in [0.05, 0.1) is 0 Å². The van der Waals surface area contributed by atoms with E-state index in [9.17, 15) is 9.59 Å². The van der Waals surface area contributed by atoms with E-state index in [4.69, 9.17) is 34.8 Å². The molecule has 0 spiro atoms. The van der Waals surface area contributed by atoms with Crippen LogP contribution in [-0.4, -0.2) is 27.8 Å². The van der Waals surface area contributed by atoms with Crippen molar-refractivity contribution < 1.29 is 9.59 Å². The summed E-state index contributed by atoms with van der Waals surface area (Å²) in [6.45, 7) is 0. The van der Waals surface area contributed by atoms with Crippen LogP contribution >= 0.6 is 34.8 Å². The molecule has 21 heavy (non-hydrogen) atoms. The fourth-order valence-electron chi connectivity index (χ4n) is 1.82. The molecule has 0 radical (unpaired) electrons. The van der Waals surface area contributed by atoms with E-state index in [2.05, 4.69) is 16.0 Å². The van der Waals surface area contributed by atoms with Crippen molar-refractivity contribution in [2.24, 2.45) is 0 Å². The van der Waals surface area contributed by atoms with Crippen molar-refractivity contribution in [3.63, 3.8) is 0 Å². The normalized spacial score (nSPS) is 19.4. The van der Waals surface area contributed by atoms with Crippen LogP contribution in [0.5, 0.6) is 0 Å². The van der Waals surface area contributed by atoms with Gasteiger partial charge in [0.2, 0.25) is 9.70 Å². The highest BCUT2D eigenvalue weighted by Crippen LogP contribution is 2.32. The Balaban J connectivity index is 2.16. The zero-order valence-electron chi connectivity index (χ0n) is 10.6. The Hall–Kier alpha value is -1.43. The van der Waals surface area contributed by atoms with Crippen LogP contribution in [0.1, 0.15) is 10.4 Å². The number of nitrogens with one attached hydrogen (secondary N) is 3. The first-order valence-corrected chi connectivity index (χ1v) is 7.17. The third-order valence-electron chi connectivity index (χ3n) is 2.82. The maximum Gasteiger partial charge on any atom is 0.251 e. The Kier molecular flexibility index (Phi) is 4.98. The summed E-state index contributed by atoms with van der Waals surface area (Å²) >= 11 is 17.7. The minimum Gasteiger partial charge on any atom is -0.369 e. The summed E-state index contributed by atoms with van der Waals surface area (Å²) in [5.41, 5.74) is 0.425. The molecule has 3 N–H and O–H groups in total. The number of amides is 2. The molecule has 0 aliphatic carbocycles. The van der Waals surface area contributed by atoms with Crippen LogP contribution in [-0.2, 0) is 4.79 Å². The molecule has 2 amide bonds. The van der Waals surface area contributed by atoms with Crippen molar-refractivity contribution in [2.75, 3.05) is 0 Å². The Morgan fingerprint density at radius 3 is 2.48 bits per heavy atom. The number of hydrogen-bond donors (Lipinski definition) is 3. The second-order valence-electron chi connectivity index (χ2n) is 4.35. The molecule has 0 saturated heterocycles. The summed E-state index contributed by atoms with van der Waals surface area (Å²) in [5.74, 6) is -0.746. The van der Waals surface area contributed by atoms with E-state index in [1.54, 1.807) is 30.3 Å². The number of alkyl halides is 3. The quantitative estimate of drug-likeness (QED) is 0.728. The average molecular weight is 349 g/mol. The highest BCUT2D eigenvalue weighted by atomic mass is 35.6. The van der Waals surface area contributed by atoms with Gasteiger partial charge < -0.3 is 16.0 Å². The van der Waals surface area contributed by atoms with E-state index in [-0.39, 0.29) is 5.91 Å². The second kappa shape index (κ2) is 6.56. The fraction of sp³-hybridized carbons (Fsp3) is 0.231. The van der Waals surface area contributed by atoms with Gasteiger partial charge >= 0.3 is 0 Å². The highest BCUT2D eigenvalue weighted by molar-refractivity contribution is 6.68. The molecule has 8 heteroatoms. The average Bonchev–Trinajstić information content (AvgIpc) is 2.44. The fourth-order valence-corrected chi connectivity index (χ4v) is 2.36. The van der Waals surface area contributed by atoms with Crippen LogP contribution < -0.4 is 16.0 Å². The third-order valence-corrected chi connectivity index (χ3v) is 3.52. The van der Waals surface area contributed by atoms with Crippen molar-refractivity contribution >= 4 is 46.6 Å². The molecule has 1 heterocycles. The molecule has 1 aliphatic rings. The Labute approximate surface area is 136 Å². The molecule has 1 aliphatic heterocycles. The zero-order valence-corrected chi connectivity index (χ0v) is 12.9. The Morgan fingerprint density at radius 2 is 1.90 bits per heavy atom. The van der Waals surface area contributed by atoms with Crippen molar-refractivity contribution in [1.29, 1.82) is 0 Å². The molecule has 0 aromatic heterocycles. The first kappa shape index (κ1) is 15.9. The third kappa shape index (κ3) is 4.27. The first-order valence-electron chi connectivity index (χ1n) is 6.03. The molecular formula is C13H12Cl3N3O2. The Morgan fingerprint density at radius 1 is 1.24 bits per heavy atom. The number of hydrogen-bond acceptors (Lipinski definition) is 3. The van der Waals surface area contributed by atoms with Gasteiger partial charge in [-0.2, -0.15) is 0 Å². The Bertz CT molecular complexity index is 558. The van der Waals surface area contributed by atoms with Crippen molar-refractivity contribution in [3.05, 3.63) is 48.2 Å². The zero-order chi connectivity index (χ0) is 15.5. The predicted octanol–water partition coefficient (Wildman–Crippen LogP) is 1.71. The van der Waals surface area contributed by atoms with E-state index in [0.717, 1.165) is 0 Å². The van der Waals surface area contributed by atoms with E-state index in [1.165, 1.54) is 12.3 Å². The summed E-state index contributed by atoms with van der Waals surface area (Å²) in [5, 5.41) is 8.02. The first-order chi connectivity index (χ1) is 9.88. The standard InChI is InChI=1S/C13H12Cl3N3O2/c14-13(15,16)10(11-17-7-6-9(20)18-11)19-12(21)8-4-2-1-3-5-8/h1-7,10-11,17H,(H,18,20)(H,19,21). The van der Waals surface area contributed by atoms with Crippen LogP contribution in [0, 0.1) is 0 Å². The smallest absolute Gasteiger partial charge is 0.251 e. The van der Waals surface area contributed by atoms with Gasteiger partial charge in [0, 0.05) is 17.8 Å². The topological polar surface area (TPSA) is 70.2 Å². The monoisotopic (exact) mass is 347 g/mol. The number of halogens is 3. The van der Waals surface area contributed by atoms with E-state index < -0.39 is 21.9 Å². The van der Waals surface area contributed by atoms with Crippen molar-refractivity contribution in [1.82, 2.24) is 16.0 Å². The molecule has 0 fully saturated rings. The lowest BCUT2D eigenvalue weighted by Gasteiger charge is -2.34. The molecule has 2 atom stereocenters. The minimum absolute atomic E-state index is 0.341. The van der Waals surface area contributed by atoms with Gasteiger partial charge in [0.15, 0.2) is 0 Å². The lowest BCUT2D eigenvalue weighted by molar-refractivity contribution is -0.118. The molecule has 5 nitrogen and oxygen atoms in total. The van der Waals surface area contributed by atoms with Crippen LogP contribution in [0.15, 0.2) is 42.6 Å². The summed E-state index contributed by atoms with van der Waals surface area (Å²) < 4.78 is -1.80. The maximum absolute atomic E-state index is 12.2. The summed E-state index contributed by atoms with van der Waals surface area (Å²) in [6.07, 6.45) is 2.00. The van der Waals surface area contributed by atoms with Gasteiger partial charge in [-0.1, -0.05) is 53.0 Å². The number of carbonyl (C=O) groups is 2. The predicted molar refractivity (Wildman–Crippen MR) is 82.2 cm³/mol. The van der Waals surface area contributed by atoms with Gasteiger partial charge in [-0.25, -0.2) is 0 Å². The van der Waals surface area contributed by atoms with Gasteiger partial charge in [-0.3, -0.25) is 9.59 Å².